The van der Waals surface area contributed by atoms with Gasteiger partial charge in [-0.15, -0.1) is 0 Å². The zero-order chi connectivity index (χ0) is 12.7. The monoisotopic (exact) mass is 240 g/mol. The first-order valence-electron chi connectivity index (χ1n) is 5.68. The Kier molecular flexibility index (Phi) is 5.90. The van der Waals surface area contributed by atoms with Crippen LogP contribution in [0.1, 0.15) is 18.6 Å². The molecule has 0 fully saturated rings. The van der Waals surface area contributed by atoms with E-state index in [4.69, 9.17) is 9.84 Å². The van der Waals surface area contributed by atoms with E-state index < -0.39 is 6.10 Å². The third-order valence-corrected chi connectivity index (χ3v) is 2.50. The first-order valence-corrected chi connectivity index (χ1v) is 5.68. The lowest BCUT2D eigenvalue weighted by Crippen LogP contribution is -2.32. The molecule has 2 N–H and O–H groups in total. The van der Waals surface area contributed by atoms with Crippen LogP contribution < -0.4 is 4.90 Å². The van der Waals surface area contributed by atoms with Gasteiger partial charge in [0.2, 0.25) is 0 Å². The Bertz CT molecular complexity index is 331. The Morgan fingerprint density at radius 3 is 2.82 bits per heavy atom. The van der Waals surface area contributed by atoms with Crippen LogP contribution in [0.5, 0.6) is 0 Å². The van der Waals surface area contributed by atoms with Crippen molar-refractivity contribution in [2.24, 2.45) is 0 Å². The summed E-state index contributed by atoms with van der Waals surface area (Å²) in [7, 11) is 1.63. The third kappa shape index (κ3) is 3.96. The average molecular weight is 240 g/mol. The van der Waals surface area contributed by atoms with Crippen molar-refractivity contribution < 1.29 is 14.9 Å². The zero-order valence-corrected chi connectivity index (χ0v) is 10.3. The quantitative estimate of drug-likeness (QED) is 0.730. The molecule has 0 radical (unpaired) electrons. The number of aromatic nitrogens is 1. The van der Waals surface area contributed by atoms with Crippen LogP contribution >= 0.6 is 0 Å². The molecule has 5 nitrogen and oxygen atoms in total. The number of rotatable bonds is 7. The summed E-state index contributed by atoms with van der Waals surface area (Å²) < 4.78 is 5.03. The number of aliphatic hydroxyl groups excluding tert-OH is 2. The molecule has 1 aromatic rings. The van der Waals surface area contributed by atoms with Gasteiger partial charge in [0.15, 0.2) is 0 Å². The van der Waals surface area contributed by atoms with Gasteiger partial charge < -0.3 is 19.8 Å². The van der Waals surface area contributed by atoms with Crippen LogP contribution in [-0.2, 0) is 4.74 Å². The van der Waals surface area contributed by atoms with Gasteiger partial charge in [0.25, 0.3) is 0 Å². The highest BCUT2D eigenvalue weighted by Crippen LogP contribution is 2.23. The van der Waals surface area contributed by atoms with E-state index in [-0.39, 0.29) is 6.61 Å². The number of anilines is 1. The lowest BCUT2D eigenvalue weighted by atomic mass is 10.1. The molecule has 0 spiro atoms. The second kappa shape index (κ2) is 7.21. The van der Waals surface area contributed by atoms with Crippen LogP contribution in [0.15, 0.2) is 18.3 Å². The summed E-state index contributed by atoms with van der Waals surface area (Å²) in [6.07, 6.45) is 1.10. The molecule has 0 saturated heterocycles. The van der Waals surface area contributed by atoms with Gasteiger partial charge in [-0.25, -0.2) is 4.98 Å². The molecule has 0 aliphatic heterocycles. The summed E-state index contributed by atoms with van der Waals surface area (Å²) in [6.45, 7) is 3.40. The predicted octanol–water partition coefficient (Wildman–Crippen LogP) is 0.580. The third-order valence-electron chi connectivity index (χ3n) is 2.50. The van der Waals surface area contributed by atoms with Crippen molar-refractivity contribution in [1.82, 2.24) is 4.98 Å². The maximum atomic E-state index is 9.69. The fourth-order valence-corrected chi connectivity index (χ4v) is 1.65. The van der Waals surface area contributed by atoms with Crippen molar-refractivity contribution >= 4 is 5.82 Å². The molecular formula is C12H20N2O3. The van der Waals surface area contributed by atoms with Crippen LogP contribution in [0.25, 0.3) is 0 Å². The normalized spacial score (nSPS) is 12.5. The van der Waals surface area contributed by atoms with Gasteiger partial charge in [-0.05, 0) is 13.0 Å². The number of aliphatic hydroxyl groups is 2. The highest BCUT2D eigenvalue weighted by Gasteiger charge is 2.14. The van der Waals surface area contributed by atoms with E-state index in [1.807, 2.05) is 11.0 Å². The first-order chi connectivity index (χ1) is 8.20. The van der Waals surface area contributed by atoms with Gasteiger partial charge >= 0.3 is 0 Å². The molecule has 1 aromatic heterocycles. The number of nitrogens with zero attached hydrogens (tertiary/aromatic N) is 2. The smallest absolute Gasteiger partial charge is 0.134 e. The summed E-state index contributed by atoms with van der Waals surface area (Å²) in [5.74, 6) is 0.702. The van der Waals surface area contributed by atoms with Gasteiger partial charge in [-0.3, -0.25) is 0 Å². The largest absolute Gasteiger partial charge is 0.395 e. The second-order valence-corrected chi connectivity index (χ2v) is 3.80. The van der Waals surface area contributed by atoms with E-state index in [0.29, 0.717) is 25.5 Å². The molecule has 1 atom stereocenters. The molecule has 0 unspecified atom stereocenters. The average Bonchev–Trinajstić information content (AvgIpc) is 2.34. The maximum absolute atomic E-state index is 9.69. The summed E-state index contributed by atoms with van der Waals surface area (Å²) in [5, 5.41) is 18.7. The Hall–Kier alpha value is -1.17. The maximum Gasteiger partial charge on any atom is 0.134 e. The second-order valence-electron chi connectivity index (χ2n) is 3.80. The summed E-state index contributed by atoms with van der Waals surface area (Å²) in [6, 6.07) is 3.63. The van der Waals surface area contributed by atoms with Crippen LogP contribution in [0.4, 0.5) is 5.82 Å². The SMILES string of the molecule is COCCN(CCO)c1ncccc1[C@H](C)O. The van der Waals surface area contributed by atoms with Crippen molar-refractivity contribution in [3.8, 4) is 0 Å². The molecule has 0 aliphatic carbocycles. The van der Waals surface area contributed by atoms with Crippen molar-refractivity contribution in [3.63, 3.8) is 0 Å². The topological polar surface area (TPSA) is 65.8 Å². The number of methoxy groups -OCH3 is 1. The summed E-state index contributed by atoms with van der Waals surface area (Å²) >= 11 is 0. The number of hydrogen-bond acceptors (Lipinski definition) is 5. The number of ether oxygens (including phenoxy) is 1. The minimum atomic E-state index is -0.581. The van der Waals surface area contributed by atoms with E-state index in [1.165, 1.54) is 0 Å². The van der Waals surface area contributed by atoms with Gasteiger partial charge in [0.05, 0.1) is 19.3 Å². The minimum absolute atomic E-state index is 0.0412. The van der Waals surface area contributed by atoms with Crippen molar-refractivity contribution in [3.05, 3.63) is 23.9 Å². The Morgan fingerprint density at radius 1 is 1.47 bits per heavy atom. The fraction of sp³-hybridized carbons (Fsp3) is 0.583. The van der Waals surface area contributed by atoms with Crippen LogP contribution in [0.3, 0.4) is 0 Å². The Morgan fingerprint density at radius 2 is 2.24 bits per heavy atom. The van der Waals surface area contributed by atoms with E-state index in [0.717, 1.165) is 5.56 Å². The van der Waals surface area contributed by atoms with Gasteiger partial charge in [0, 0.05) is 32.0 Å². The van der Waals surface area contributed by atoms with Crippen molar-refractivity contribution in [1.29, 1.82) is 0 Å². The molecule has 5 heteroatoms. The molecule has 0 amide bonds. The lowest BCUT2D eigenvalue weighted by molar-refractivity contribution is 0.195. The summed E-state index contributed by atoms with van der Waals surface area (Å²) in [4.78, 5) is 6.18. The van der Waals surface area contributed by atoms with Crippen LogP contribution in [-0.4, -0.2) is 48.6 Å². The van der Waals surface area contributed by atoms with Crippen molar-refractivity contribution in [2.75, 3.05) is 38.3 Å². The van der Waals surface area contributed by atoms with Crippen LogP contribution in [0, 0.1) is 0 Å². The fourth-order valence-electron chi connectivity index (χ4n) is 1.65. The Labute approximate surface area is 102 Å². The van der Waals surface area contributed by atoms with Crippen LogP contribution in [0.2, 0.25) is 0 Å². The van der Waals surface area contributed by atoms with E-state index in [1.54, 1.807) is 26.3 Å². The molecule has 0 aromatic carbocycles. The van der Waals surface area contributed by atoms with Crippen molar-refractivity contribution in [2.45, 2.75) is 13.0 Å². The molecule has 17 heavy (non-hydrogen) atoms. The number of pyridine rings is 1. The zero-order valence-electron chi connectivity index (χ0n) is 10.3. The molecule has 96 valence electrons. The van der Waals surface area contributed by atoms with Gasteiger partial charge in [-0.1, -0.05) is 6.07 Å². The molecule has 0 saturated carbocycles. The molecule has 0 bridgehead atoms. The lowest BCUT2D eigenvalue weighted by Gasteiger charge is -2.25. The summed E-state index contributed by atoms with van der Waals surface area (Å²) in [5.41, 5.74) is 0.761. The van der Waals surface area contributed by atoms with E-state index >= 15 is 0 Å². The first kappa shape index (κ1) is 13.9. The molecule has 0 aliphatic rings. The van der Waals surface area contributed by atoms with E-state index in [9.17, 15) is 5.11 Å². The highest BCUT2D eigenvalue weighted by atomic mass is 16.5. The van der Waals surface area contributed by atoms with E-state index in [2.05, 4.69) is 4.98 Å². The molecular weight excluding hydrogens is 220 g/mol. The van der Waals surface area contributed by atoms with Gasteiger partial charge in [0.1, 0.15) is 5.82 Å². The van der Waals surface area contributed by atoms with Gasteiger partial charge in [-0.2, -0.15) is 0 Å². The standard InChI is InChI=1S/C12H20N2O3/c1-10(16)11-4-3-5-13-12(11)14(6-8-15)7-9-17-2/h3-5,10,15-16H,6-9H2,1-2H3/t10-/m0/s1. The minimum Gasteiger partial charge on any atom is -0.395 e. The molecule has 1 rings (SSSR count). The molecule has 1 heterocycles. The Balaban J connectivity index is 2.91. The number of hydrogen-bond donors (Lipinski definition) is 2. The predicted molar refractivity (Wildman–Crippen MR) is 66.0 cm³/mol. The highest BCUT2D eigenvalue weighted by molar-refractivity contribution is 5.47.